The first-order chi connectivity index (χ1) is 10.4. The van der Waals surface area contributed by atoms with E-state index in [0.29, 0.717) is 23.9 Å². The number of rotatable bonds is 2. The number of aromatic nitrogens is 1. The van der Waals surface area contributed by atoms with Crippen LogP contribution in [0.3, 0.4) is 0 Å². The van der Waals surface area contributed by atoms with Crippen molar-refractivity contribution < 1.29 is 9.59 Å². The van der Waals surface area contributed by atoms with Crippen molar-refractivity contribution in [2.45, 2.75) is 33.1 Å². The van der Waals surface area contributed by atoms with Crippen LogP contribution in [0.1, 0.15) is 33.1 Å². The highest BCUT2D eigenvalue weighted by Crippen LogP contribution is 2.60. The number of para-hydroxylation sites is 1. The number of fused-ring (bicyclic) bond motifs is 3. The van der Waals surface area contributed by atoms with Gasteiger partial charge in [0.15, 0.2) is 10.9 Å². The van der Waals surface area contributed by atoms with E-state index in [1.165, 1.54) is 11.3 Å². The molecule has 2 atom stereocenters. The van der Waals surface area contributed by atoms with Crippen molar-refractivity contribution >= 4 is 38.4 Å². The largest absolute Gasteiger partial charge is 0.301 e. The molecule has 0 spiro atoms. The summed E-state index contributed by atoms with van der Waals surface area (Å²) in [6, 6.07) is 7.79. The van der Waals surface area contributed by atoms with Crippen LogP contribution in [0.15, 0.2) is 24.3 Å². The number of hydrogen-bond donors (Lipinski definition) is 1. The van der Waals surface area contributed by atoms with Gasteiger partial charge in [-0.25, -0.2) is 4.98 Å². The molecule has 4 nitrogen and oxygen atoms in total. The van der Waals surface area contributed by atoms with Gasteiger partial charge >= 0.3 is 0 Å². The average molecular weight is 314 g/mol. The van der Waals surface area contributed by atoms with Crippen molar-refractivity contribution in [2.24, 2.45) is 16.7 Å². The van der Waals surface area contributed by atoms with Crippen LogP contribution in [0.2, 0.25) is 0 Å². The minimum atomic E-state index is -0.827. The van der Waals surface area contributed by atoms with E-state index in [-0.39, 0.29) is 17.1 Å². The summed E-state index contributed by atoms with van der Waals surface area (Å²) in [5.41, 5.74) is -0.322. The van der Waals surface area contributed by atoms with Crippen LogP contribution in [-0.4, -0.2) is 16.7 Å². The molecule has 1 amide bonds. The SMILES string of the molecule is CC1(C)C(=O)[C@]2(C(=O)Nc3nc4ccccc4s3)CC[C@@H]1C2. The molecule has 2 fully saturated rings. The van der Waals surface area contributed by atoms with Crippen LogP contribution in [0.5, 0.6) is 0 Å². The summed E-state index contributed by atoms with van der Waals surface area (Å²) in [5, 5.41) is 3.49. The Morgan fingerprint density at radius 3 is 2.82 bits per heavy atom. The normalized spacial score (nSPS) is 29.2. The number of amides is 1. The monoisotopic (exact) mass is 314 g/mol. The van der Waals surface area contributed by atoms with E-state index in [1.54, 1.807) is 0 Å². The number of anilines is 1. The fraction of sp³-hybridized carbons (Fsp3) is 0.471. The van der Waals surface area contributed by atoms with Gasteiger partial charge < -0.3 is 5.32 Å². The van der Waals surface area contributed by atoms with E-state index >= 15 is 0 Å². The van der Waals surface area contributed by atoms with Crippen LogP contribution in [0.25, 0.3) is 10.2 Å². The Bertz CT molecular complexity index is 762. The van der Waals surface area contributed by atoms with Gasteiger partial charge in [0.25, 0.3) is 0 Å². The Balaban J connectivity index is 1.64. The quantitative estimate of drug-likeness (QED) is 0.861. The zero-order chi connectivity index (χ0) is 15.5. The summed E-state index contributed by atoms with van der Waals surface area (Å²) in [7, 11) is 0. The standard InChI is InChI=1S/C17H18N2O2S/c1-16(2)10-7-8-17(9-10,13(16)20)14(21)19-15-18-11-5-3-4-6-12(11)22-15/h3-6,10H,7-9H2,1-2H3,(H,18,19,21)/t10-,17+/m1/s1. The third-order valence-corrected chi connectivity index (χ3v) is 6.46. The lowest BCUT2D eigenvalue weighted by Gasteiger charge is -2.32. The third-order valence-electron chi connectivity index (χ3n) is 5.50. The smallest absolute Gasteiger partial charge is 0.239 e. The van der Waals surface area contributed by atoms with E-state index in [0.717, 1.165) is 16.6 Å². The summed E-state index contributed by atoms with van der Waals surface area (Å²) >= 11 is 1.45. The van der Waals surface area contributed by atoms with E-state index in [9.17, 15) is 9.59 Å². The first-order valence-corrected chi connectivity index (χ1v) is 8.47. The molecule has 0 radical (unpaired) electrons. The highest BCUT2D eigenvalue weighted by atomic mass is 32.1. The van der Waals surface area contributed by atoms with Crippen LogP contribution < -0.4 is 5.32 Å². The second-order valence-corrected chi connectivity index (χ2v) is 8.04. The molecule has 2 aliphatic carbocycles. The van der Waals surface area contributed by atoms with E-state index in [4.69, 9.17) is 0 Å². The zero-order valence-electron chi connectivity index (χ0n) is 12.7. The van der Waals surface area contributed by atoms with E-state index < -0.39 is 5.41 Å². The number of thiazole rings is 1. The Morgan fingerprint density at radius 2 is 2.14 bits per heavy atom. The van der Waals surface area contributed by atoms with Gasteiger partial charge in [0.05, 0.1) is 10.2 Å². The Hall–Kier alpha value is -1.75. The molecule has 5 heteroatoms. The molecule has 2 aliphatic rings. The lowest BCUT2D eigenvalue weighted by atomic mass is 9.70. The summed E-state index contributed by atoms with van der Waals surface area (Å²) in [5.74, 6) is 0.278. The van der Waals surface area contributed by atoms with Crippen LogP contribution >= 0.6 is 11.3 Å². The van der Waals surface area contributed by atoms with Gasteiger partial charge in [-0.05, 0) is 37.3 Å². The second-order valence-electron chi connectivity index (χ2n) is 7.01. The molecule has 114 valence electrons. The van der Waals surface area contributed by atoms with Gasteiger partial charge in [-0.3, -0.25) is 9.59 Å². The van der Waals surface area contributed by atoms with Crippen molar-refractivity contribution in [2.75, 3.05) is 5.32 Å². The Kier molecular flexibility index (Phi) is 2.77. The maximum atomic E-state index is 12.8. The first-order valence-electron chi connectivity index (χ1n) is 7.65. The molecular formula is C17H18N2O2S. The summed E-state index contributed by atoms with van der Waals surface area (Å²) < 4.78 is 1.04. The molecule has 2 aromatic rings. The maximum absolute atomic E-state index is 12.8. The molecule has 1 heterocycles. The Morgan fingerprint density at radius 1 is 1.36 bits per heavy atom. The molecule has 1 aromatic heterocycles. The number of nitrogens with zero attached hydrogens (tertiary/aromatic N) is 1. The average Bonchev–Trinajstić information content (AvgIpc) is 3.14. The van der Waals surface area contributed by atoms with Crippen molar-refractivity contribution in [3.8, 4) is 0 Å². The molecule has 1 aromatic carbocycles. The third kappa shape index (κ3) is 1.72. The predicted octanol–water partition coefficient (Wildman–Crippen LogP) is 3.63. The fourth-order valence-corrected chi connectivity index (χ4v) is 4.98. The number of carbonyl (C=O) groups is 2. The molecule has 2 saturated carbocycles. The molecule has 2 bridgehead atoms. The highest BCUT2D eigenvalue weighted by Gasteiger charge is 2.65. The lowest BCUT2D eigenvalue weighted by molar-refractivity contribution is -0.142. The van der Waals surface area contributed by atoms with Crippen molar-refractivity contribution in [3.05, 3.63) is 24.3 Å². The number of benzene rings is 1. The van der Waals surface area contributed by atoms with Crippen molar-refractivity contribution in [1.29, 1.82) is 0 Å². The van der Waals surface area contributed by atoms with Gasteiger partial charge in [0.1, 0.15) is 5.41 Å². The van der Waals surface area contributed by atoms with Gasteiger partial charge in [-0.1, -0.05) is 37.3 Å². The van der Waals surface area contributed by atoms with Gasteiger partial charge in [-0.2, -0.15) is 0 Å². The summed E-state index contributed by atoms with van der Waals surface area (Å²) in [6.07, 6.45) is 2.33. The fourth-order valence-electron chi connectivity index (χ4n) is 4.12. The highest BCUT2D eigenvalue weighted by molar-refractivity contribution is 7.22. The van der Waals surface area contributed by atoms with Crippen molar-refractivity contribution in [1.82, 2.24) is 4.98 Å². The molecule has 4 rings (SSSR count). The Labute approximate surface area is 132 Å². The molecule has 0 unspecified atom stereocenters. The van der Waals surface area contributed by atoms with Crippen molar-refractivity contribution in [3.63, 3.8) is 0 Å². The summed E-state index contributed by atoms with van der Waals surface area (Å²) in [6.45, 7) is 3.96. The minimum Gasteiger partial charge on any atom is -0.301 e. The number of nitrogens with one attached hydrogen (secondary N) is 1. The number of Topliss-reactive ketones (excluding diaryl/α,β-unsaturated/α-hetero) is 1. The number of ketones is 1. The number of hydrogen-bond acceptors (Lipinski definition) is 4. The first kappa shape index (κ1) is 13.9. The molecule has 0 saturated heterocycles. The maximum Gasteiger partial charge on any atom is 0.239 e. The second kappa shape index (κ2) is 4.38. The van der Waals surface area contributed by atoms with E-state index in [2.05, 4.69) is 10.3 Å². The predicted molar refractivity (Wildman–Crippen MR) is 86.8 cm³/mol. The number of carbonyl (C=O) groups excluding carboxylic acids is 2. The minimum absolute atomic E-state index is 0.106. The van der Waals surface area contributed by atoms with Crippen LogP contribution in [0, 0.1) is 16.7 Å². The van der Waals surface area contributed by atoms with Crippen LogP contribution in [-0.2, 0) is 9.59 Å². The molecule has 1 N–H and O–H groups in total. The van der Waals surface area contributed by atoms with E-state index in [1.807, 2.05) is 38.1 Å². The lowest BCUT2D eigenvalue weighted by Crippen LogP contribution is -2.44. The summed E-state index contributed by atoms with van der Waals surface area (Å²) in [4.78, 5) is 30.0. The molecular weight excluding hydrogens is 296 g/mol. The topological polar surface area (TPSA) is 59.1 Å². The zero-order valence-corrected chi connectivity index (χ0v) is 13.5. The van der Waals surface area contributed by atoms with Gasteiger partial charge in [0, 0.05) is 5.41 Å². The van der Waals surface area contributed by atoms with Gasteiger partial charge in [0.2, 0.25) is 5.91 Å². The molecule has 22 heavy (non-hydrogen) atoms. The van der Waals surface area contributed by atoms with Crippen LogP contribution in [0.4, 0.5) is 5.13 Å². The van der Waals surface area contributed by atoms with Gasteiger partial charge in [-0.15, -0.1) is 0 Å². The molecule has 0 aliphatic heterocycles.